The molecule has 8 nitrogen and oxygen atoms in total. The maximum atomic E-state index is 12.5. The van der Waals surface area contributed by atoms with Gasteiger partial charge in [-0.1, -0.05) is 0 Å². The number of hydrogen-bond donors (Lipinski definition) is 2. The molecule has 0 bridgehead atoms. The third-order valence-electron chi connectivity index (χ3n) is 4.26. The Morgan fingerprint density at radius 1 is 1.00 bits per heavy atom. The lowest BCUT2D eigenvalue weighted by atomic mass is 10.2. The molecule has 3 amide bonds. The summed E-state index contributed by atoms with van der Waals surface area (Å²) in [5.41, 5.74) is 1.80. The molecular weight excluding hydrogens is 346 g/mol. The first-order valence-corrected chi connectivity index (χ1v) is 8.64. The van der Waals surface area contributed by atoms with Crippen LogP contribution in [0.15, 0.2) is 42.6 Å². The van der Waals surface area contributed by atoms with Crippen LogP contribution in [-0.4, -0.2) is 54.3 Å². The van der Waals surface area contributed by atoms with Crippen LogP contribution in [-0.2, 0) is 9.59 Å². The summed E-state index contributed by atoms with van der Waals surface area (Å²) in [5, 5.41) is 5.51. The molecule has 140 valence electrons. The van der Waals surface area contributed by atoms with Crippen LogP contribution in [0.5, 0.6) is 0 Å². The number of aromatic nitrogens is 1. The Kier molecular flexibility index (Phi) is 5.65. The fourth-order valence-corrected chi connectivity index (χ4v) is 2.83. The number of anilines is 3. The molecule has 27 heavy (non-hydrogen) atoms. The van der Waals surface area contributed by atoms with Crippen molar-refractivity contribution >= 4 is 35.4 Å². The predicted molar refractivity (Wildman–Crippen MR) is 103 cm³/mol. The Hall–Kier alpha value is -3.42. The molecule has 2 N–H and O–H groups in total. The van der Waals surface area contributed by atoms with E-state index >= 15 is 0 Å². The van der Waals surface area contributed by atoms with Crippen molar-refractivity contribution in [2.24, 2.45) is 0 Å². The summed E-state index contributed by atoms with van der Waals surface area (Å²) in [6.45, 7) is 4.09. The molecule has 8 heteroatoms. The van der Waals surface area contributed by atoms with Gasteiger partial charge in [-0.15, -0.1) is 0 Å². The van der Waals surface area contributed by atoms with Gasteiger partial charge in [0.2, 0.25) is 12.3 Å². The normalized spacial score (nSPS) is 13.8. The van der Waals surface area contributed by atoms with Crippen molar-refractivity contribution in [2.75, 3.05) is 41.7 Å². The van der Waals surface area contributed by atoms with Crippen molar-refractivity contribution in [1.29, 1.82) is 0 Å². The molecule has 1 aliphatic heterocycles. The maximum Gasteiger partial charge on any atom is 0.255 e. The zero-order valence-electron chi connectivity index (χ0n) is 15.0. The second-order valence-corrected chi connectivity index (χ2v) is 6.24. The zero-order valence-corrected chi connectivity index (χ0v) is 15.0. The maximum absolute atomic E-state index is 12.5. The van der Waals surface area contributed by atoms with Gasteiger partial charge in [-0.3, -0.25) is 14.4 Å². The van der Waals surface area contributed by atoms with Crippen molar-refractivity contribution in [3.05, 3.63) is 48.2 Å². The highest BCUT2D eigenvalue weighted by Crippen LogP contribution is 2.18. The highest BCUT2D eigenvalue weighted by atomic mass is 16.2. The number of rotatable bonds is 5. The molecular formula is C19H21N5O3. The van der Waals surface area contributed by atoms with E-state index in [0.717, 1.165) is 6.41 Å². The van der Waals surface area contributed by atoms with Crippen LogP contribution in [0.25, 0.3) is 0 Å². The van der Waals surface area contributed by atoms with Crippen molar-refractivity contribution in [3.63, 3.8) is 0 Å². The van der Waals surface area contributed by atoms with Crippen LogP contribution >= 0.6 is 0 Å². The molecule has 0 saturated carbocycles. The molecule has 1 fully saturated rings. The minimum Gasteiger partial charge on any atom is -0.353 e. The van der Waals surface area contributed by atoms with Crippen molar-refractivity contribution in [2.45, 2.75) is 6.92 Å². The number of nitrogens with zero attached hydrogens (tertiary/aromatic N) is 3. The molecule has 0 aliphatic carbocycles. The number of pyridine rings is 1. The second-order valence-electron chi connectivity index (χ2n) is 6.24. The number of amides is 3. The third kappa shape index (κ3) is 4.81. The van der Waals surface area contributed by atoms with E-state index < -0.39 is 0 Å². The molecule has 1 saturated heterocycles. The number of hydrogen-bond acceptors (Lipinski definition) is 5. The topological polar surface area (TPSA) is 94.6 Å². The van der Waals surface area contributed by atoms with E-state index in [-0.39, 0.29) is 11.8 Å². The van der Waals surface area contributed by atoms with Crippen molar-refractivity contribution in [3.8, 4) is 0 Å². The van der Waals surface area contributed by atoms with E-state index in [1.165, 1.54) is 6.92 Å². The van der Waals surface area contributed by atoms with E-state index in [1.54, 1.807) is 47.5 Å². The minimum absolute atomic E-state index is 0.148. The van der Waals surface area contributed by atoms with Gasteiger partial charge in [-0.2, -0.15) is 0 Å². The Morgan fingerprint density at radius 2 is 1.63 bits per heavy atom. The van der Waals surface area contributed by atoms with E-state index in [2.05, 4.69) is 20.5 Å². The number of nitrogens with one attached hydrogen (secondary N) is 2. The first-order valence-electron chi connectivity index (χ1n) is 8.64. The summed E-state index contributed by atoms with van der Waals surface area (Å²) in [7, 11) is 0. The Morgan fingerprint density at radius 3 is 2.22 bits per heavy atom. The Bertz CT molecular complexity index is 829. The van der Waals surface area contributed by atoms with Crippen LogP contribution in [0, 0.1) is 0 Å². The average molecular weight is 367 g/mol. The highest BCUT2D eigenvalue weighted by molar-refractivity contribution is 6.04. The van der Waals surface area contributed by atoms with Gasteiger partial charge in [-0.25, -0.2) is 4.98 Å². The van der Waals surface area contributed by atoms with Gasteiger partial charge in [0.15, 0.2) is 0 Å². The van der Waals surface area contributed by atoms with Gasteiger partial charge < -0.3 is 20.4 Å². The monoisotopic (exact) mass is 367 g/mol. The summed E-state index contributed by atoms with van der Waals surface area (Å²) in [6.07, 6.45) is 2.46. The number of carbonyl (C=O) groups excluding carboxylic acids is 3. The van der Waals surface area contributed by atoms with Crippen LogP contribution in [0.4, 0.5) is 17.2 Å². The van der Waals surface area contributed by atoms with Gasteiger partial charge in [0.1, 0.15) is 5.82 Å². The van der Waals surface area contributed by atoms with Gasteiger partial charge in [0.25, 0.3) is 5.91 Å². The Labute approximate surface area is 157 Å². The quantitative estimate of drug-likeness (QED) is 0.783. The summed E-state index contributed by atoms with van der Waals surface area (Å²) in [4.78, 5) is 42.5. The molecule has 3 rings (SSSR count). The molecule has 0 atom stereocenters. The predicted octanol–water partition coefficient (Wildman–Crippen LogP) is 1.57. The lowest BCUT2D eigenvalue weighted by Gasteiger charge is -2.33. The summed E-state index contributed by atoms with van der Waals surface area (Å²) in [5.74, 6) is 0.330. The number of benzene rings is 1. The molecule has 1 aliphatic rings. The van der Waals surface area contributed by atoms with Gasteiger partial charge >= 0.3 is 0 Å². The van der Waals surface area contributed by atoms with Gasteiger partial charge in [0, 0.05) is 56.2 Å². The fraction of sp³-hybridized carbons (Fsp3) is 0.263. The second kappa shape index (κ2) is 8.31. The summed E-state index contributed by atoms with van der Waals surface area (Å²) >= 11 is 0. The molecule has 0 radical (unpaired) electrons. The van der Waals surface area contributed by atoms with Gasteiger partial charge in [-0.05, 0) is 36.4 Å². The summed E-state index contributed by atoms with van der Waals surface area (Å²) in [6, 6.07) is 10.3. The third-order valence-corrected chi connectivity index (χ3v) is 4.26. The van der Waals surface area contributed by atoms with Crippen molar-refractivity contribution < 1.29 is 14.4 Å². The summed E-state index contributed by atoms with van der Waals surface area (Å²) < 4.78 is 0. The molecule has 2 aromatic rings. The van der Waals surface area contributed by atoms with Gasteiger partial charge in [0.05, 0.1) is 0 Å². The molecule has 1 aromatic carbocycles. The largest absolute Gasteiger partial charge is 0.353 e. The van der Waals surface area contributed by atoms with E-state index in [4.69, 9.17) is 0 Å². The van der Waals surface area contributed by atoms with E-state index in [9.17, 15) is 14.4 Å². The van der Waals surface area contributed by atoms with E-state index in [1.807, 2.05) is 0 Å². The number of piperazine rings is 1. The fourth-order valence-electron chi connectivity index (χ4n) is 2.83. The molecule has 0 unspecified atom stereocenters. The zero-order chi connectivity index (χ0) is 19.2. The SMILES string of the molecule is CC(=O)Nc1ccc(NC(=O)c2ccnc(N3CCN(C=O)CC3)c2)cc1. The van der Waals surface area contributed by atoms with Crippen LogP contribution < -0.4 is 15.5 Å². The lowest BCUT2D eigenvalue weighted by molar-refractivity contribution is -0.118. The first kappa shape index (κ1) is 18.4. The minimum atomic E-state index is -0.238. The van der Waals surface area contributed by atoms with Crippen molar-refractivity contribution in [1.82, 2.24) is 9.88 Å². The lowest BCUT2D eigenvalue weighted by Crippen LogP contribution is -2.46. The smallest absolute Gasteiger partial charge is 0.255 e. The Balaban J connectivity index is 1.65. The number of carbonyl (C=O) groups is 3. The standard InChI is InChI=1S/C19H21N5O3/c1-14(26)21-16-2-4-17(5-3-16)22-19(27)15-6-7-20-18(12-15)24-10-8-23(13-25)9-11-24/h2-7,12-13H,8-11H2,1H3,(H,21,26)(H,22,27). The van der Waals surface area contributed by atoms with Crippen LogP contribution in [0.3, 0.4) is 0 Å². The molecule has 1 aromatic heterocycles. The van der Waals surface area contributed by atoms with Crippen LogP contribution in [0.2, 0.25) is 0 Å². The van der Waals surface area contributed by atoms with Crippen LogP contribution in [0.1, 0.15) is 17.3 Å². The molecule has 0 spiro atoms. The van der Waals surface area contributed by atoms with E-state index in [0.29, 0.717) is 48.9 Å². The highest BCUT2D eigenvalue weighted by Gasteiger charge is 2.18. The average Bonchev–Trinajstić information content (AvgIpc) is 2.69. The first-order chi connectivity index (χ1) is 13.0. The molecule has 2 heterocycles.